The molecule has 2 atom stereocenters. The van der Waals surface area contributed by atoms with E-state index in [1.54, 1.807) is 6.07 Å². The minimum Gasteiger partial charge on any atom is -0.396 e. The highest BCUT2D eigenvalue weighted by Crippen LogP contribution is 2.25. The van der Waals surface area contributed by atoms with Crippen molar-refractivity contribution in [2.75, 3.05) is 11.9 Å². The van der Waals surface area contributed by atoms with Crippen molar-refractivity contribution in [3.05, 3.63) is 11.8 Å². The Labute approximate surface area is 112 Å². The summed E-state index contributed by atoms with van der Waals surface area (Å²) in [6, 6.07) is 1.59. The van der Waals surface area contributed by atoms with Gasteiger partial charge in [0.1, 0.15) is 5.76 Å². The average Bonchev–Trinajstić information content (AvgIpc) is 2.98. The molecular weight excluding hydrogens is 246 g/mol. The number of nitrogens with zero attached hydrogens (tertiary/aromatic N) is 1. The van der Waals surface area contributed by atoms with Gasteiger partial charge in [-0.05, 0) is 25.2 Å². The number of carbonyl (C=O) groups excluding carboxylic acids is 1. The van der Waals surface area contributed by atoms with Gasteiger partial charge in [-0.25, -0.2) is 4.79 Å². The van der Waals surface area contributed by atoms with Crippen LogP contribution < -0.4 is 10.6 Å². The summed E-state index contributed by atoms with van der Waals surface area (Å²) in [5.41, 5.74) is 0. The zero-order valence-corrected chi connectivity index (χ0v) is 11.3. The summed E-state index contributed by atoms with van der Waals surface area (Å²) in [6.07, 6.45) is 2.71. The van der Waals surface area contributed by atoms with E-state index in [0.717, 1.165) is 25.0 Å². The second-order valence-corrected chi connectivity index (χ2v) is 5.43. The number of hydrogen-bond acceptors (Lipinski definition) is 4. The maximum atomic E-state index is 11.8. The molecule has 1 aromatic rings. The topological polar surface area (TPSA) is 87.4 Å². The number of aliphatic hydroxyl groups excluding tert-OH is 1. The van der Waals surface area contributed by atoms with Crippen molar-refractivity contribution in [1.29, 1.82) is 0 Å². The first-order valence-corrected chi connectivity index (χ1v) is 6.73. The van der Waals surface area contributed by atoms with Crippen molar-refractivity contribution in [2.45, 2.75) is 45.1 Å². The van der Waals surface area contributed by atoms with Crippen molar-refractivity contribution in [3.63, 3.8) is 0 Å². The van der Waals surface area contributed by atoms with Gasteiger partial charge in [-0.15, -0.1) is 0 Å². The summed E-state index contributed by atoms with van der Waals surface area (Å²) in [5.74, 6) is 1.73. The molecule has 19 heavy (non-hydrogen) atoms. The zero-order valence-electron chi connectivity index (χ0n) is 11.3. The molecule has 3 N–H and O–H groups in total. The largest absolute Gasteiger partial charge is 0.396 e. The van der Waals surface area contributed by atoms with E-state index >= 15 is 0 Å². The molecule has 0 unspecified atom stereocenters. The Balaban J connectivity index is 1.81. The van der Waals surface area contributed by atoms with E-state index in [0.29, 0.717) is 11.7 Å². The van der Waals surface area contributed by atoms with Gasteiger partial charge >= 0.3 is 6.03 Å². The van der Waals surface area contributed by atoms with Crippen molar-refractivity contribution in [2.24, 2.45) is 5.92 Å². The van der Waals surface area contributed by atoms with Crippen LogP contribution in [0.3, 0.4) is 0 Å². The number of anilines is 1. The summed E-state index contributed by atoms with van der Waals surface area (Å²) < 4.78 is 5.11. The molecule has 0 spiro atoms. The maximum Gasteiger partial charge on any atom is 0.320 e. The van der Waals surface area contributed by atoms with Gasteiger partial charge in [0.05, 0.1) is 0 Å². The summed E-state index contributed by atoms with van der Waals surface area (Å²) >= 11 is 0. The molecular formula is C13H21N3O3. The molecule has 2 rings (SSSR count). The Hall–Kier alpha value is -1.56. The van der Waals surface area contributed by atoms with E-state index in [9.17, 15) is 4.79 Å². The molecule has 2 amide bonds. The fourth-order valence-corrected chi connectivity index (χ4v) is 2.33. The first-order chi connectivity index (χ1) is 9.08. The van der Waals surface area contributed by atoms with Crippen molar-refractivity contribution in [3.8, 4) is 0 Å². The maximum absolute atomic E-state index is 11.8. The van der Waals surface area contributed by atoms with E-state index in [4.69, 9.17) is 9.63 Å². The number of rotatable bonds is 4. The van der Waals surface area contributed by atoms with Crippen molar-refractivity contribution < 1.29 is 14.4 Å². The highest BCUT2D eigenvalue weighted by Gasteiger charge is 2.25. The lowest BCUT2D eigenvalue weighted by molar-refractivity contribution is 0.225. The normalized spacial score (nSPS) is 22.7. The third kappa shape index (κ3) is 3.70. The summed E-state index contributed by atoms with van der Waals surface area (Å²) in [7, 11) is 0. The number of amides is 2. The van der Waals surface area contributed by atoms with E-state index < -0.39 is 0 Å². The summed E-state index contributed by atoms with van der Waals surface area (Å²) in [6.45, 7) is 4.19. The Morgan fingerprint density at radius 1 is 1.58 bits per heavy atom. The molecule has 0 aliphatic heterocycles. The van der Waals surface area contributed by atoms with Crippen LogP contribution in [0.2, 0.25) is 0 Å². The third-order valence-corrected chi connectivity index (χ3v) is 3.47. The summed E-state index contributed by atoms with van der Waals surface area (Å²) in [4.78, 5) is 11.8. The summed E-state index contributed by atoms with van der Waals surface area (Å²) in [5, 5.41) is 18.4. The lowest BCUT2D eigenvalue weighted by Gasteiger charge is -2.12. The minimum atomic E-state index is -0.271. The number of nitrogens with one attached hydrogen (secondary N) is 2. The van der Waals surface area contributed by atoms with Crippen LogP contribution >= 0.6 is 0 Å². The van der Waals surface area contributed by atoms with Gasteiger partial charge in [-0.2, -0.15) is 0 Å². The van der Waals surface area contributed by atoms with Gasteiger partial charge < -0.3 is 14.9 Å². The molecule has 1 aliphatic rings. The Morgan fingerprint density at radius 3 is 2.95 bits per heavy atom. The van der Waals surface area contributed by atoms with E-state index in [1.165, 1.54) is 0 Å². The lowest BCUT2D eigenvalue weighted by Crippen LogP contribution is -2.36. The van der Waals surface area contributed by atoms with Gasteiger partial charge in [-0.3, -0.25) is 5.32 Å². The average molecular weight is 267 g/mol. The fraction of sp³-hybridized carbons (Fsp3) is 0.692. The fourth-order valence-electron chi connectivity index (χ4n) is 2.33. The van der Waals surface area contributed by atoms with Crippen LogP contribution in [-0.2, 0) is 0 Å². The zero-order chi connectivity index (χ0) is 13.8. The van der Waals surface area contributed by atoms with Gasteiger partial charge in [0.15, 0.2) is 5.82 Å². The molecule has 1 aliphatic carbocycles. The second-order valence-electron chi connectivity index (χ2n) is 5.43. The molecule has 1 fully saturated rings. The van der Waals surface area contributed by atoms with E-state index in [1.807, 2.05) is 13.8 Å². The Bertz CT molecular complexity index is 431. The van der Waals surface area contributed by atoms with Crippen LogP contribution in [0.15, 0.2) is 10.6 Å². The third-order valence-electron chi connectivity index (χ3n) is 3.47. The smallest absolute Gasteiger partial charge is 0.320 e. The van der Waals surface area contributed by atoms with E-state index in [2.05, 4.69) is 15.8 Å². The first kappa shape index (κ1) is 13.9. The van der Waals surface area contributed by atoms with Gasteiger partial charge in [0, 0.05) is 24.6 Å². The quantitative estimate of drug-likeness (QED) is 0.779. The van der Waals surface area contributed by atoms with Crippen LogP contribution in [0, 0.1) is 5.92 Å². The monoisotopic (exact) mass is 267 g/mol. The minimum absolute atomic E-state index is 0.133. The molecule has 1 aromatic heterocycles. The molecule has 6 heteroatoms. The number of aromatic nitrogens is 1. The molecule has 0 radical (unpaired) electrons. The molecule has 0 aromatic carbocycles. The van der Waals surface area contributed by atoms with Gasteiger partial charge in [0.2, 0.25) is 0 Å². The predicted octanol–water partition coefficient (Wildman–Crippen LogP) is 2.08. The molecule has 106 valence electrons. The van der Waals surface area contributed by atoms with Gasteiger partial charge in [-0.1, -0.05) is 19.0 Å². The number of carbonyl (C=O) groups is 1. The predicted molar refractivity (Wildman–Crippen MR) is 71.0 cm³/mol. The first-order valence-electron chi connectivity index (χ1n) is 6.73. The standard InChI is InChI=1S/C13H21N3O3/c1-8(2)11-6-12(16-19-11)15-13(18)14-10-4-3-9(5-10)7-17/h6,8-10,17H,3-5,7H2,1-2H3,(H2,14,15,16,18)/t9-,10+/m1/s1. The van der Waals surface area contributed by atoms with Crippen LogP contribution in [0.5, 0.6) is 0 Å². The van der Waals surface area contributed by atoms with Crippen LogP contribution in [0.25, 0.3) is 0 Å². The SMILES string of the molecule is CC(C)c1cc(NC(=O)N[C@H]2CC[C@@H](CO)C2)no1. The molecule has 6 nitrogen and oxygen atoms in total. The number of urea groups is 1. The Morgan fingerprint density at radius 2 is 2.37 bits per heavy atom. The van der Waals surface area contributed by atoms with E-state index in [-0.39, 0.29) is 24.6 Å². The van der Waals surface area contributed by atoms with Crippen molar-refractivity contribution >= 4 is 11.8 Å². The van der Waals surface area contributed by atoms with Crippen molar-refractivity contribution in [1.82, 2.24) is 10.5 Å². The number of aliphatic hydroxyl groups is 1. The lowest BCUT2D eigenvalue weighted by atomic mass is 10.1. The van der Waals surface area contributed by atoms with Crippen LogP contribution in [0.4, 0.5) is 10.6 Å². The van der Waals surface area contributed by atoms with Crippen LogP contribution in [0.1, 0.15) is 44.8 Å². The van der Waals surface area contributed by atoms with Crippen LogP contribution in [-0.4, -0.2) is 28.9 Å². The Kier molecular flexibility index (Phi) is 4.42. The second kappa shape index (κ2) is 6.06. The van der Waals surface area contributed by atoms with Gasteiger partial charge in [0.25, 0.3) is 0 Å². The highest BCUT2D eigenvalue weighted by atomic mass is 16.5. The number of hydrogen-bond donors (Lipinski definition) is 3. The molecule has 1 saturated carbocycles. The molecule has 0 saturated heterocycles. The molecule has 0 bridgehead atoms. The molecule has 1 heterocycles. The highest BCUT2D eigenvalue weighted by molar-refractivity contribution is 5.88.